The molecule has 1 saturated carbocycles. The predicted molar refractivity (Wildman–Crippen MR) is 138 cm³/mol. The highest BCUT2D eigenvalue weighted by atomic mass is 16.1. The number of ketones is 1. The SMILES string of the molecule is CC(=O)c1c(C)c2cnc(Nc3ccc(N4CCN(C5CCC5)CC4)cn3)nc2n(C(C)C)c1=O. The minimum absolute atomic E-state index is 0.159. The molecule has 0 unspecified atom stereocenters. The van der Waals surface area contributed by atoms with Gasteiger partial charge in [-0.05, 0) is 58.2 Å². The van der Waals surface area contributed by atoms with Gasteiger partial charge in [0.05, 0.1) is 17.4 Å². The summed E-state index contributed by atoms with van der Waals surface area (Å²) in [6, 6.07) is 4.64. The van der Waals surface area contributed by atoms with Crippen molar-refractivity contribution in [2.45, 2.75) is 59.0 Å². The Morgan fingerprint density at radius 3 is 2.40 bits per heavy atom. The molecule has 2 aliphatic rings. The van der Waals surface area contributed by atoms with Crippen molar-refractivity contribution in [1.82, 2.24) is 24.4 Å². The molecule has 0 aromatic carbocycles. The van der Waals surface area contributed by atoms with Crippen LogP contribution in [-0.4, -0.2) is 62.4 Å². The number of anilines is 3. The average Bonchev–Trinajstić information content (AvgIpc) is 2.78. The molecule has 0 atom stereocenters. The normalized spacial score (nSPS) is 17.1. The number of nitrogens with one attached hydrogen (secondary N) is 1. The van der Waals surface area contributed by atoms with Gasteiger partial charge in [-0.2, -0.15) is 4.98 Å². The summed E-state index contributed by atoms with van der Waals surface area (Å²) in [5.74, 6) is 0.743. The number of fused-ring (bicyclic) bond motifs is 1. The Kier molecular flexibility index (Phi) is 6.27. The van der Waals surface area contributed by atoms with E-state index in [1.165, 1.54) is 26.2 Å². The lowest BCUT2D eigenvalue weighted by molar-refractivity contribution is 0.101. The van der Waals surface area contributed by atoms with Crippen molar-refractivity contribution >= 4 is 34.3 Å². The molecular weight excluding hydrogens is 442 g/mol. The van der Waals surface area contributed by atoms with E-state index < -0.39 is 0 Å². The van der Waals surface area contributed by atoms with Crippen LogP contribution >= 0.6 is 0 Å². The highest BCUT2D eigenvalue weighted by Gasteiger charge is 2.28. The number of carbonyl (C=O) groups excluding carboxylic acids is 1. The molecule has 1 aliphatic carbocycles. The minimum atomic E-state index is -0.318. The van der Waals surface area contributed by atoms with E-state index in [4.69, 9.17) is 0 Å². The maximum Gasteiger partial charge on any atom is 0.263 e. The minimum Gasteiger partial charge on any atom is -0.368 e. The van der Waals surface area contributed by atoms with E-state index in [1.807, 2.05) is 26.1 Å². The molecule has 3 aromatic heterocycles. The van der Waals surface area contributed by atoms with Gasteiger partial charge >= 0.3 is 0 Å². The molecular formula is C26H33N7O2. The molecule has 2 fully saturated rings. The number of rotatable bonds is 6. The number of carbonyl (C=O) groups is 1. The highest BCUT2D eigenvalue weighted by Crippen LogP contribution is 2.27. The van der Waals surface area contributed by atoms with E-state index in [0.717, 1.165) is 37.9 Å². The van der Waals surface area contributed by atoms with Crippen LogP contribution in [0.4, 0.5) is 17.5 Å². The lowest BCUT2D eigenvalue weighted by atomic mass is 9.91. The summed E-state index contributed by atoms with van der Waals surface area (Å²) in [5.41, 5.74) is 2.11. The van der Waals surface area contributed by atoms with E-state index in [0.29, 0.717) is 28.4 Å². The Hall–Kier alpha value is -3.33. The smallest absolute Gasteiger partial charge is 0.263 e. The quantitative estimate of drug-likeness (QED) is 0.539. The third-order valence-electron chi connectivity index (χ3n) is 7.34. The first kappa shape index (κ1) is 23.4. The van der Waals surface area contributed by atoms with Crippen LogP contribution in [0.25, 0.3) is 11.0 Å². The van der Waals surface area contributed by atoms with Crippen LogP contribution in [0, 0.1) is 6.92 Å². The first-order valence-electron chi connectivity index (χ1n) is 12.5. The molecule has 1 saturated heterocycles. The van der Waals surface area contributed by atoms with Gasteiger partial charge in [0, 0.05) is 49.8 Å². The molecule has 3 aromatic rings. The number of hydrogen-bond acceptors (Lipinski definition) is 8. The topological polar surface area (TPSA) is 96.2 Å². The molecule has 5 rings (SSSR count). The summed E-state index contributed by atoms with van der Waals surface area (Å²) in [7, 11) is 0. The van der Waals surface area contributed by atoms with Crippen LogP contribution in [-0.2, 0) is 0 Å². The van der Waals surface area contributed by atoms with Gasteiger partial charge in [-0.25, -0.2) is 9.97 Å². The van der Waals surface area contributed by atoms with Crippen LogP contribution < -0.4 is 15.8 Å². The van der Waals surface area contributed by atoms with Gasteiger partial charge in [-0.3, -0.25) is 19.1 Å². The van der Waals surface area contributed by atoms with Crippen LogP contribution in [0.3, 0.4) is 0 Å². The number of Topliss-reactive ketones (excluding diaryl/α,β-unsaturated/α-hetero) is 1. The molecule has 9 nitrogen and oxygen atoms in total. The number of piperazine rings is 1. The molecule has 9 heteroatoms. The van der Waals surface area contributed by atoms with Crippen molar-refractivity contribution in [3.63, 3.8) is 0 Å². The number of hydrogen-bond donors (Lipinski definition) is 1. The van der Waals surface area contributed by atoms with Gasteiger partial charge in [0.15, 0.2) is 5.78 Å². The average molecular weight is 476 g/mol. The molecule has 0 amide bonds. The Balaban J connectivity index is 1.36. The summed E-state index contributed by atoms with van der Waals surface area (Å²) in [6.45, 7) is 11.3. The van der Waals surface area contributed by atoms with Gasteiger partial charge in [-0.15, -0.1) is 0 Å². The Morgan fingerprint density at radius 1 is 1.09 bits per heavy atom. The zero-order valence-corrected chi connectivity index (χ0v) is 20.9. The largest absolute Gasteiger partial charge is 0.368 e. The van der Waals surface area contributed by atoms with E-state index >= 15 is 0 Å². The van der Waals surface area contributed by atoms with Gasteiger partial charge in [0.1, 0.15) is 11.5 Å². The van der Waals surface area contributed by atoms with Crippen LogP contribution in [0.15, 0.2) is 29.3 Å². The zero-order valence-electron chi connectivity index (χ0n) is 20.9. The summed E-state index contributed by atoms with van der Waals surface area (Å²) in [5, 5.41) is 3.86. The first-order chi connectivity index (χ1) is 16.8. The molecule has 35 heavy (non-hydrogen) atoms. The first-order valence-corrected chi connectivity index (χ1v) is 12.5. The van der Waals surface area contributed by atoms with Crippen molar-refractivity contribution in [2.24, 2.45) is 0 Å². The van der Waals surface area contributed by atoms with Crippen molar-refractivity contribution < 1.29 is 4.79 Å². The summed E-state index contributed by atoms with van der Waals surface area (Å²) in [6.07, 6.45) is 7.63. The molecule has 1 N–H and O–H groups in total. The predicted octanol–water partition coefficient (Wildman–Crippen LogP) is 3.70. The number of aryl methyl sites for hydroxylation is 1. The van der Waals surface area contributed by atoms with Crippen molar-refractivity contribution in [3.8, 4) is 0 Å². The van der Waals surface area contributed by atoms with Gasteiger partial charge in [0.2, 0.25) is 5.95 Å². The molecule has 1 aliphatic heterocycles. The summed E-state index contributed by atoms with van der Waals surface area (Å²) >= 11 is 0. The Morgan fingerprint density at radius 2 is 1.83 bits per heavy atom. The standard InChI is InChI=1S/C26H33N7O2/c1-16(2)33-24-21(17(3)23(18(4)34)25(33)35)15-28-26(30-24)29-22-9-8-20(14-27-22)32-12-10-31(11-13-32)19-6-5-7-19/h8-9,14-16,19H,5-7,10-13H2,1-4H3,(H,27,28,29,30). The second-order valence-electron chi connectivity index (χ2n) is 9.89. The molecule has 0 radical (unpaired) electrons. The number of nitrogens with zero attached hydrogens (tertiary/aromatic N) is 6. The fourth-order valence-corrected chi connectivity index (χ4v) is 5.15. The molecule has 4 heterocycles. The summed E-state index contributed by atoms with van der Waals surface area (Å²) in [4.78, 5) is 43.9. The van der Waals surface area contributed by atoms with Crippen LogP contribution in [0.2, 0.25) is 0 Å². The van der Waals surface area contributed by atoms with E-state index in [-0.39, 0.29) is 22.9 Å². The van der Waals surface area contributed by atoms with Crippen molar-refractivity contribution in [3.05, 3.63) is 46.0 Å². The monoisotopic (exact) mass is 475 g/mol. The van der Waals surface area contributed by atoms with Crippen LogP contribution in [0.1, 0.15) is 62.0 Å². The fourth-order valence-electron chi connectivity index (χ4n) is 5.15. The Labute approximate surface area is 205 Å². The highest BCUT2D eigenvalue weighted by molar-refractivity contribution is 5.99. The summed E-state index contributed by atoms with van der Waals surface area (Å²) < 4.78 is 1.56. The zero-order chi connectivity index (χ0) is 24.7. The second-order valence-corrected chi connectivity index (χ2v) is 9.89. The maximum absolute atomic E-state index is 13.1. The van der Waals surface area contributed by atoms with Gasteiger partial charge in [0.25, 0.3) is 5.56 Å². The molecule has 0 spiro atoms. The fraction of sp³-hybridized carbons (Fsp3) is 0.500. The number of pyridine rings is 2. The lowest BCUT2D eigenvalue weighted by Crippen LogP contribution is -2.52. The third-order valence-corrected chi connectivity index (χ3v) is 7.34. The van der Waals surface area contributed by atoms with E-state index in [1.54, 1.807) is 17.7 Å². The number of aromatic nitrogens is 4. The van der Waals surface area contributed by atoms with Gasteiger partial charge in [-0.1, -0.05) is 6.42 Å². The van der Waals surface area contributed by atoms with Gasteiger partial charge < -0.3 is 10.2 Å². The van der Waals surface area contributed by atoms with E-state index in [2.05, 4.69) is 36.1 Å². The van der Waals surface area contributed by atoms with Crippen LogP contribution in [0.5, 0.6) is 0 Å². The Bertz CT molecular complexity index is 1300. The second kappa shape index (κ2) is 9.37. The third kappa shape index (κ3) is 4.40. The molecule has 0 bridgehead atoms. The van der Waals surface area contributed by atoms with Crippen molar-refractivity contribution in [1.29, 1.82) is 0 Å². The maximum atomic E-state index is 13.1. The van der Waals surface area contributed by atoms with Crippen molar-refractivity contribution in [2.75, 3.05) is 36.4 Å². The molecule has 184 valence electrons. The lowest BCUT2D eigenvalue weighted by Gasteiger charge is -2.43. The van der Waals surface area contributed by atoms with E-state index in [9.17, 15) is 9.59 Å².